The number of nitrogens with zero attached hydrogens (tertiary/aromatic N) is 5. The van der Waals surface area contributed by atoms with E-state index in [1.807, 2.05) is 6.07 Å². The summed E-state index contributed by atoms with van der Waals surface area (Å²) >= 11 is 7.05. The van der Waals surface area contributed by atoms with E-state index < -0.39 is 0 Å². The summed E-state index contributed by atoms with van der Waals surface area (Å²) in [5.41, 5.74) is 1.59. The highest BCUT2D eigenvalue weighted by Crippen LogP contribution is 2.23. The van der Waals surface area contributed by atoms with Crippen molar-refractivity contribution in [2.45, 2.75) is 12.8 Å². The van der Waals surface area contributed by atoms with Gasteiger partial charge in [-0.3, -0.25) is 4.79 Å². The van der Waals surface area contributed by atoms with E-state index in [2.05, 4.69) is 30.6 Å². The Labute approximate surface area is 130 Å². The maximum absolute atomic E-state index is 12.2. The van der Waals surface area contributed by atoms with Crippen LogP contribution in [0.4, 0.5) is 10.9 Å². The molecule has 3 heterocycles. The Morgan fingerprint density at radius 1 is 1.38 bits per heavy atom. The molecule has 1 amide bonds. The van der Waals surface area contributed by atoms with Gasteiger partial charge in [0.05, 0.1) is 5.92 Å². The van der Waals surface area contributed by atoms with Crippen LogP contribution in [0.15, 0.2) is 17.6 Å². The highest BCUT2D eigenvalue weighted by molar-refractivity contribution is 7.13. The molecule has 1 fully saturated rings. The fourth-order valence-corrected chi connectivity index (χ4v) is 2.86. The van der Waals surface area contributed by atoms with Gasteiger partial charge in [0, 0.05) is 13.1 Å². The maximum Gasteiger partial charge on any atom is 0.231 e. The van der Waals surface area contributed by atoms with E-state index in [1.165, 1.54) is 11.3 Å². The summed E-state index contributed by atoms with van der Waals surface area (Å²) in [5.74, 6) is 0.617. The molecule has 9 heteroatoms. The standard InChI is InChI=1S/C12H13ClN6OS/c13-9-3-4-10(17-16-9)19-5-1-2-8(6-19)11(20)15-12-18-14-7-21-12/h3-4,7-8H,1-2,5-6H2,(H,15,18,20)/t8-/m0/s1. The fourth-order valence-electron chi connectivity index (χ4n) is 2.31. The first-order valence-corrected chi connectivity index (χ1v) is 7.79. The van der Waals surface area contributed by atoms with Crippen molar-refractivity contribution in [3.8, 4) is 0 Å². The average Bonchev–Trinajstić information content (AvgIpc) is 3.01. The van der Waals surface area contributed by atoms with Crippen molar-refractivity contribution >= 4 is 39.8 Å². The van der Waals surface area contributed by atoms with Crippen LogP contribution in [0.2, 0.25) is 5.15 Å². The molecule has 0 aliphatic carbocycles. The van der Waals surface area contributed by atoms with Gasteiger partial charge in [-0.1, -0.05) is 22.9 Å². The molecule has 7 nitrogen and oxygen atoms in total. The quantitative estimate of drug-likeness (QED) is 0.927. The number of anilines is 2. The van der Waals surface area contributed by atoms with Gasteiger partial charge in [-0.25, -0.2) is 0 Å². The summed E-state index contributed by atoms with van der Waals surface area (Å²) in [6.45, 7) is 1.47. The number of piperidine rings is 1. The second-order valence-electron chi connectivity index (χ2n) is 4.73. The Morgan fingerprint density at radius 2 is 2.29 bits per heavy atom. The molecule has 1 aliphatic heterocycles. The predicted octanol–water partition coefficient (Wildman–Crippen LogP) is 1.84. The Kier molecular flexibility index (Phi) is 4.26. The van der Waals surface area contributed by atoms with E-state index in [-0.39, 0.29) is 11.8 Å². The van der Waals surface area contributed by atoms with Gasteiger partial charge >= 0.3 is 0 Å². The largest absolute Gasteiger partial charge is 0.354 e. The van der Waals surface area contributed by atoms with Crippen molar-refractivity contribution in [3.63, 3.8) is 0 Å². The molecule has 0 radical (unpaired) electrons. The van der Waals surface area contributed by atoms with Gasteiger partial charge in [-0.05, 0) is 25.0 Å². The van der Waals surface area contributed by atoms with Gasteiger partial charge in [-0.15, -0.1) is 20.4 Å². The second-order valence-corrected chi connectivity index (χ2v) is 5.95. The molecule has 1 N–H and O–H groups in total. The minimum absolute atomic E-state index is 0.0293. The van der Waals surface area contributed by atoms with Gasteiger partial charge in [0.15, 0.2) is 11.0 Å². The third-order valence-electron chi connectivity index (χ3n) is 3.32. The number of amides is 1. The van der Waals surface area contributed by atoms with Crippen LogP contribution in [0.3, 0.4) is 0 Å². The smallest absolute Gasteiger partial charge is 0.231 e. The van der Waals surface area contributed by atoms with Crippen LogP contribution in [-0.4, -0.2) is 39.4 Å². The fraction of sp³-hybridized carbons (Fsp3) is 0.417. The molecule has 110 valence electrons. The van der Waals surface area contributed by atoms with Crippen LogP contribution in [0, 0.1) is 5.92 Å². The molecule has 0 saturated carbocycles. The first kappa shape index (κ1) is 14.2. The normalized spacial score (nSPS) is 18.5. The van der Waals surface area contributed by atoms with E-state index in [9.17, 15) is 4.79 Å². The third kappa shape index (κ3) is 3.45. The van der Waals surface area contributed by atoms with Crippen LogP contribution in [0.1, 0.15) is 12.8 Å². The Morgan fingerprint density at radius 3 is 3.00 bits per heavy atom. The number of aromatic nitrogens is 4. The SMILES string of the molecule is O=C(Nc1nncs1)[C@H]1CCCN(c2ccc(Cl)nn2)C1. The molecular weight excluding hydrogens is 312 g/mol. The minimum Gasteiger partial charge on any atom is -0.354 e. The zero-order chi connectivity index (χ0) is 14.7. The molecule has 21 heavy (non-hydrogen) atoms. The average molecular weight is 325 g/mol. The first-order valence-electron chi connectivity index (χ1n) is 6.53. The Balaban J connectivity index is 1.65. The number of rotatable bonds is 3. The molecule has 2 aromatic rings. The number of halogens is 1. The molecule has 0 aromatic carbocycles. The predicted molar refractivity (Wildman–Crippen MR) is 80.5 cm³/mol. The van der Waals surface area contributed by atoms with Gasteiger partial charge < -0.3 is 10.2 Å². The van der Waals surface area contributed by atoms with Crippen molar-refractivity contribution in [1.29, 1.82) is 0 Å². The van der Waals surface area contributed by atoms with Crippen LogP contribution in [0.25, 0.3) is 0 Å². The molecule has 0 unspecified atom stereocenters. The molecule has 1 saturated heterocycles. The van der Waals surface area contributed by atoms with Gasteiger partial charge in [0.2, 0.25) is 11.0 Å². The van der Waals surface area contributed by atoms with Gasteiger partial charge in [0.1, 0.15) is 5.51 Å². The molecule has 2 aromatic heterocycles. The number of hydrogen-bond donors (Lipinski definition) is 1. The Hall–Kier alpha value is -1.80. The Bertz CT molecular complexity index is 605. The summed E-state index contributed by atoms with van der Waals surface area (Å²) in [5, 5.41) is 19.1. The number of carbonyl (C=O) groups is 1. The van der Waals surface area contributed by atoms with Crippen molar-refractivity contribution in [2.75, 3.05) is 23.3 Å². The monoisotopic (exact) mass is 324 g/mol. The topological polar surface area (TPSA) is 83.9 Å². The minimum atomic E-state index is -0.0971. The van der Waals surface area contributed by atoms with Crippen molar-refractivity contribution < 1.29 is 4.79 Å². The zero-order valence-electron chi connectivity index (χ0n) is 11.1. The lowest BCUT2D eigenvalue weighted by Gasteiger charge is -2.32. The number of nitrogens with one attached hydrogen (secondary N) is 1. The van der Waals surface area contributed by atoms with E-state index in [0.717, 1.165) is 25.2 Å². The summed E-state index contributed by atoms with van der Waals surface area (Å²) in [7, 11) is 0. The summed E-state index contributed by atoms with van der Waals surface area (Å²) in [6.07, 6.45) is 1.78. The van der Waals surface area contributed by atoms with Crippen molar-refractivity contribution in [3.05, 3.63) is 22.8 Å². The highest BCUT2D eigenvalue weighted by Gasteiger charge is 2.27. The molecule has 1 aliphatic rings. The third-order valence-corrected chi connectivity index (χ3v) is 4.13. The molecular formula is C12H13ClN6OS. The van der Waals surface area contributed by atoms with E-state index in [1.54, 1.807) is 11.6 Å². The zero-order valence-corrected chi connectivity index (χ0v) is 12.6. The van der Waals surface area contributed by atoms with Crippen molar-refractivity contribution in [2.24, 2.45) is 5.92 Å². The van der Waals surface area contributed by atoms with Crippen LogP contribution < -0.4 is 10.2 Å². The maximum atomic E-state index is 12.2. The lowest BCUT2D eigenvalue weighted by atomic mass is 9.97. The molecule has 0 bridgehead atoms. The van der Waals surface area contributed by atoms with E-state index >= 15 is 0 Å². The van der Waals surface area contributed by atoms with E-state index in [0.29, 0.717) is 16.8 Å². The highest BCUT2D eigenvalue weighted by atomic mass is 35.5. The first-order chi connectivity index (χ1) is 10.2. The van der Waals surface area contributed by atoms with E-state index in [4.69, 9.17) is 11.6 Å². The summed E-state index contributed by atoms with van der Waals surface area (Å²) in [6, 6.07) is 3.52. The lowest BCUT2D eigenvalue weighted by Crippen LogP contribution is -2.41. The number of carbonyl (C=O) groups excluding carboxylic acids is 1. The van der Waals surface area contributed by atoms with Crippen LogP contribution in [-0.2, 0) is 4.79 Å². The number of hydrogen-bond acceptors (Lipinski definition) is 7. The molecule has 0 spiro atoms. The van der Waals surface area contributed by atoms with Crippen molar-refractivity contribution in [1.82, 2.24) is 20.4 Å². The van der Waals surface area contributed by atoms with Gasteiger partial charge in [0.25, 0.3) is 0 Å². The van der Waals surface area contributed by atoms with Crippen LogP contribution >= 0.6 is 22.9 Å². The van der Waals surface area contributed by atoms with Crippen LogP contribution in [0.5, 0.6) is 0 Å². The molecule has 1 atom stereocenters. The lowest BCUT2D eigenvalue weighted by molar-refractivity contribution is -0.120. The second kappa shape index (κ2) is 6.31. The summed E-state index contributed by atoms with van der Waals surface area (Å²) < 4.78 is 0. The van der Waals surface area contributed by atoms with Gasteiger partial charge in [-0.2, -0.15) is 0 Å². The summed E-state index contributed by atoms with van der Waals surface area (Å²) in [4.78, 5) is 14.3. The molecule has 3 rings (SSSR count).